The van der Waals surface area contributed by atoms with Gasteiger partial charge >= 0.3 is 0 Å². The predicted octanol–water partition coefficient (Wildman–Crippen LogP) is 2.19. The monoisotopic (exact) mass is 214 g/mol. The van der Waals surface area contributed by atoms with Crippen molar-refractivity contribution in [2.45, 2.75) is 12.3 Å². The Bertz CT molecular complexity index is 353. The molecule has 0 saturated carbocycles. The number of alkyl halides is 1. The molecule has 1 amide bonds. The van der Waals surface area contributed by atoms with Gasteiger partial charge in [0.25, 0.3) is 0 Å². The van der Waals surface area contributed by atoms with Crippen LogP contribution in [0.15, 0.2) is 11.4 Å². The number of anilines is 1. The van der Waals surface area contributed by atoms with Crippen LogP contribution < -0.4 is 5.32 Å². The van der Waals surface area contributed by atoms with Crippen LogP contribution in [0.5, 0.6) is 0 Å². The Morgan fingerprint density at radius 1 is 1.85 bits per heavy atom. The highest BCUT2D eigenvalue weighted by molar-refractivity contribution is 7.14. The fraction of sp³-hybridized carbons (Fsp3) is 0.250. The van der Waals surface area contributed by atoms with E-state index in [-0.39, 0.29) is 5.91 Å². The summed E-state index contributed by atoms with van der Waals surface area (Å²) in [6.07, 6.45) is 0. The summed E-state index contributed by atoms with van der Waals surface area (Å²) in [6.45, 7) is 1.58. The normalized spacial score (nSPS) is 11.8. The lowest BCUT2D eigenvalue weighted by molar-refractivity contribution is -0.115. The van der Waals surface area contributed by atoms with Gasteiger partial charge in [0.05, 0.1) is 5.56 Å². The minimum absolute atomic E-state index is 0.291. The number of nitrogens with one attached hydrogen (secondary N) is 1. The van der Waals surface area contributed by atoms with E-state index in [1.165, 1.54) is 11.3 Å². The SMILES string of the molecule is C[C@H](Cl)C(=O)Nc1sccc1C#N. The molecule has 0 unspecified atom stereocenters. The number of carbonyl (C=O) groups is 1. The summed E-state index contributed by atoms with van der Waals surface area (Å²) in [5.74, 6) is -0.291. The van der Waals surface area contributed by atoms with E-state index in [9.17, 15) is 4.79 Å². The van der Waals surface area contributed by atoms with Gasteiger partial charge in [-0.25, -0.2) is 0 Å². The molecule has 0 aliphatic heterocycles. The molecule has 0 aliphatic rings. The van der Waals surface area contributed by atoms with Gasteiger partial charge in [-0.1, -0.05) is 0 Å². The van der Waals surface area contributed by atoms with Crippen molar-refractivity contribution in [2.24, 2.45) is 0 Å². The van der Waals surface area contributed by atoms with Crippen molar-refractivity contribution in [2.75, 3.05) is 5.32 Å². The summed E-state index contributed by atoms with van der Waals surface area (Å²) in [4.78, 5) is 11.1. The van der Waals surface area contributed by atoms with Crippen molar-refractivity contribution in [1.82, 2.24) is 0 Å². The maximum absolute atomic E-state index is 11.1. The Morgan fingerprint density at radius 3 is 3.08 bits per heavy atom. The topological polar surface area (TPSA) is 52.9 Å². The maximum atomic E-state index is 11.1. The maximum Gasteiger partial charge on any atom is 0.242 e. The first-order valence-electron chi connectivity index (χ1n) is 3.57. The summed E-state index contributed by atoms with van der Waals surface area (Å²) in [5, 5.41) is 12.9. The van der Waals surface area contributed by atoms with Crippen LogP contribution in [0, 0.1) is 11.3 Å². The molecule has 68 valence electrons. The van der Waals surface area contributed by atoms with Gasteiger partial charge in [0.2, 0.25) is 5.91 Å². The number of amides is 1. The van der Waals surface area contributed by atoms with E-state index in [0.717, 1.165) is 0 Å². The highest BCUT2D eigenvalue weighted by Gasteiger charge is 2.12. The Balaban J connectivity index is 2.76. The Labute approximate surface area is 84.9 Å². The van der Waals surface area contributed by atoms with Gasteiger partial charge in [-0.2, -0.15) is 5.26 Å². The zero-order valence-corrected chi connectivity index (χ0v) is 8.45. The van der Waals surface area contributed by atoms with Crippen LogP contribution >= 0.6 is 22.9 Å². The first-order chi connectivity index (χ1) is 6.15. The highest BCUT2D eigenvalue weighted by atomic mass is 35.5. The van der Waals surface area contributed by atoms with E-state index in [0.29, 0.717) is 10.6 Å². The zero-order chi connectivity index (χ0) is 9.84. The van der Waals surface area contributed by atoms with Crippen LogP contribution in [0.25, 0.3) is 0 Å². The number of carbonyl (C=O) groups excluding carboxylic acids is 1. The first-order valence-corrected chi connectivity index (χ1v) is 4.89. The minimum Gasteiger partial charge on any atom is -0.315 e. The molecule has 0 radical (unpaired) electrons. The number of hydrogen-bond donors (Lipinski definition) is 1. The van der Waals surface area contributed by atoms with Gasteiger partial charge in [0, 0.05) is 0 Å². The van der Waals surface area contributed by atoms with Crippen molar-refractivity contribution in [3.05, 3.63) is 17.0 Å². The van der Waals surface area contributed by atoms with E-state index in [4.69, 9.17) is 16.9 Å². The number of thiophene rings is 1. The molecule has 0 aliphatic carbocycles. The third-order valence-electron chi connectivity index (χ3n) is 1.38. The second kappa shape index (κ2) is 4.26. The number of nitrogens with zero attached hydrogens (tertiary/aromatic N) is 1. The largest absolute Gasteiger partial charge is 0.315 e. The summed E-state index contributed by atoms with van der Waals surface area (Å²) in [6, 6.07) is 3.62. The summed E-state index contributed by atoms with van der Waals surface area (Å²) < 4.78 is 0. The lowest BCUT2D eigenvalue weighted by Gasteiger charge is -2.03. The summed E-state index contributed by atoms with van der Waals surface area (Å²) in [5.41, 5.74) is 0.468. The summed E-state index contributed by atoms with van der Waals surface area (Å²) in [7, 11) is 0. The van der Waals surface area contributed by atoms with Crippen molar-refractivity contribution in [1.29, 1.82) is 5.26 Å². The van der Waals surface area contributed by atoms with Gasteiger partial charge < -0.3 is 5.32 Å². The molecular formula is C8H7ClN2OS. The van der Waals surface area contributed by atoms with Crippen molar-refractivity contribution in [3.63, 3.8) is 0 Å². The molecule has 1 aromatic heterocycles. The minimum atomic E-state index is -0.589. The molecule has 1 N–H and O–H groups in total. The fourth-order valence-electron chi connectivity index (χ4n) is 0.705. The molecule has 1 rings (SSSR count). The molecule has 0 aromatic carbocycles. The van der Waals surface area contributed by atoms with Crippen molar-refractivity contribution < 1.29 is 4.79 Å². The van der Waals surface area contributed by atoms with Gasteiger partial charge in [-0.15, -0.1) is 22.9 Å². The van der Waals surface area contributed by atoms with Gasteiger partial charge in [-0.05, 0) is 18.4 Å². The molecule has 13 heavy (non-hydrogen) atoms. The highest BCUT2D eigenvalue weighted by Crippen LogP contribution is 2.22. The molecule has 0 saturated heterocycles. The standard InChI is InChI=1S/C8H7ClN2OS/c1-5(9)7(12)11-8-6(4-10)2-3-13-8/h2-3,5H,1H3,(H,11,12)/t5-/m0/s1. The lowest BCUT2D eigenvalue weighted by Crippen LogP contribution is -2.19. The van der Waals surface area contributed by atoms with Crippen LogP contribution in [-0.4, -0.2) is 11.3 Å². The fourth-order valence-corrected chi connectivity index (χ4v) is 1.50. The quantitative estimate of drug-likeness (QED) is 0.768. The molecular weight excluding hydrogens is 208 g/mol. The van der Waals surface area contributed by atoms with E-state index in [1.54, 1.807) is 18.4 Å². The van der Waals surface area contributed by atoms with E-state index in [2.05, 4.69) is 5.32 Å². The Morgan fingerprint density at radius 2 is 2.54 bits per heavy atom. The van der Waals surface area contributed by atoms with Crippen LogP contribution in [0.1, 0.15) is 12.5 Å². The summed E-state index contributed by atoms with van der Waals surface area (Å²) >= 11 is 6.86. The predicted molar refractivity (Wildman–Crippen MR) is 53.0 cm³/mol. The molecule has 5 heteroatoms. The Hall–Kier alpha value is -1.05. The molecule has 0 fully saturated rings. The van der Waals surface area contributed by atoms with E-state index >= 15 is 0 Å². The second-order valence-electron chi connectivity index (χ2n) is 2.38. The molecule has 0 bridgehead atoms. The molecule has 3 nitrogen and oxygen atoms in total. The molecule has 1 atom stereocenters. The van der Waals surface area contributed by atoms with Crippen LogP contribution in [0.4, 0.5) is 5.00 Å². The Kier molecular flexibility index (Phi) is 3.29. The molecule has 0 spiro atoms. The van der Waals surface area contributed by atoms with E-state index < -0.39 is 5.38 Å². The molecule has 1 aromatic rings. The molecule has 1 heterocycles. The zero-order valence-electron chi connectivity index (χ0n) is 6.87. The first kappa shape index (κ1) is 10.0. The average Bonchev–Trinajstić information content (AvgIpc) is 2.51. The smallest absolute Gasteiger partial charge is 0.242 e. The second-order valence-corrected chi connectivity index (χ2v) is 3.95. The number of halogens is 1. The number of hydrogen-bond acceptors (Lipinski definition) is 3. The van der Waals surface area contributed by atoms with Crippen LogP contribution in [-0.2, 0) is 4.79 Å². The number of nitriles is 1. The number of rotatable bonds is 2. The third kappa shape index (κ3) is 2.44. The van der Waals surface area contributed by atoms with Crippen LogP contribution in [0.3, 0.4) is 0 Å². The van der Waals surface area contributed by atoms with Crippen molar-refractivity contribution in [3.8, 4) is 6.07 Å². The third-order valence-corrected chi connectivity index (χ3v) is 2.41. The average molecular weight is 215 g/mol. The lowest BCUT2D eigenvalue weighted by atomic mass is 10.3. The van der Waals surface area contributed by atoms with Gasteiger partial charge in [0.15, 0.2) is 0 Å². The van der Waals surface area contributed by atoms with Crippen molar-refractivity contribution >= 4 is 33.8 Å². The van der Waals surface area contributed by atoms with E-state index in [1.807, 2.05) is 6.07 Å². The van der Waals surface area contributed by atoms with Gasteiger partial charge in [0.1, 0.15) is 16.4 Å². The van der Waals surface area contributed by atoms with Crippen LogP contribution in [0.2, 0.25) is 0 Å². The van der Waals surface area contributed by atoms with Gasteiger partial charge in [-0.3, -0.25) is 4.79 Å².